The normalized spacial score (nSPS) is 11.8. The van der Waals surface area contributed by atoms with Crippen molar-refractivity contribution in [3.63, 3.8) is 0 Å². The number of carbonyl (C=O) groups is 1. The van der Waals surface area contributed by atoms with Crippen molar-refractivity contribution in [3.8, 4) is 11.5 Å². The molecule has 0 bridgehead atoms. The Kier molecular flexibility index (Phi) is 4.57. The Labute approximate surface area is 154 Å². The SMILES string of the molecule is O=C(N[C@@H](c1ccccc1)c1nnc(-c2ccccc2)o1)c1cccs1. The molecule has 1 amide bonds. The molecular weight excluding hydrogens is 346 g/mol. The molecule has 0 aliphatic heterocycles. The third-order valence-electron chi connectivity index (χ3n) is 3.86. The molecule has 0 spiro atoms. The number of nitrogens with one attached hydrogen (secondary N) is 1. The van der Waals surface area contributed by atoms with Crippen LogP contribution in [0.1, 0.15) is 27.2 Å². The summed E-state index contributed by atoms with van der Waals surface area (Å²) >= 11 is 1.39. The number of rotatable bonds is 5. The molecule has 2 aromatic carbocycles. The van der Waals surface area contributed by atoms with Crippen LogP contribution < -0.4 is 5.32 Å². The molecule has 5 nitrogen and oxygen atoms in total. The van der Waals surface area contributed by atoms with Crippen LogP contribution in [0.5, 0.6) is 0 Å². The zero-order valence-corrected chi connectivity index (χ0v) is 14.5. The van der Waals surface area contributed by atoms with E-state index in [-0.39, 0.29) is 5.91 Å². The van der Waals surface area contributed by atoms with Crippen molar-refractivity contribution in [1.29, 1.82) is 0 Å². The number of hydrogen-bond acceptors (Lipinski definition) is 5. The van der Waals surface area contributed by atoms with Gasteiger partial charge in [0, 0.05) is 5.56 Å². The second-order valence-electron chi connectivity index (χ2n) is 5.61. The Morgan fingerprint density at radius 2 is 1.65 bits per heavy atom. The fourth-order valence-electron chi connectivity index (χ4n) is 2.59. The first-order chi connectivity index (χ1) is 12.8. The summed E-state index contributed by atoms with van der Waals surface area (Å²) in [7, 11) is 0. The first-order valence-electron chi connectivity index (χ1n) is 8.09. The number of nitrogens with zero attached hydrogens (tertiary/aromatic N) is 2. The van der Waals surface area contributed by atoms with Gasteiger partial charge in [-0.05, 0) is 29.1 Å². The van der Waals surface area contributed by atoms with E-state index in [1.54, 1.807) is 6.07 Å². The number of aromatic nitrogens is 2. The zero-order chi connectivity index (χ0) is 17.8. The lowest BCUT2D eigenvalue weighted by atomic mass is 10.1. The molecule has 0 saturated heterocycles. The summed E-state index contributed by atoms with van der Waals surface area (Å²) in [6.45, 7) is 0. The van der Waals surface area contributed by atoms with E-state index in [0.717, 1.165) is 11.1 Å². The molecule has 4 rings (SSSR count). The van der Waals surface area contributed by atoms with Gasteiger partial charge in [-0.1, -0.05) is 54.6 Å². The minimum Gasteiger partial charge on any atom is -0.418 e. The van der Waals surface area contributed by atoms with Gasteiger partial charge in [-0.3, -0.25) is 4.79 Å². The quantitative estimate of drug-likeness (QED) is 0.575. The molecule has 1 atom stereocenters. The van der Waals surface area contributed by atoms with Gasteiger partial charge in [0.2, 0.25) is 11.8 Å². The van der Waals surface area contributed by atoms with E-state index in [2.05, 4.69) is 15.5 Å². The predicted molar refractivity (Wildman–Crippen MR) is 99.8 cm³/mol. The summed E-state index contributed by atoms with van der Waals surface area (Å²) in [5, 5.41) is 13.2. The highest BCUT2D eigenvalue weighted by molar-refractivity contribution is 7.12. The van der Waals surface area contributed by atoms with Crippen molar-refractivity contribution < 1.29 is 9.21 Å². The molecule has 26 heavy (non-hydrogen) atoms. The fraction of sp³-hybridized carbons (Fsp3) is 0.0500. The van der Waals surface area contributed by atoms with Crippen molar-refractivity contribution in [3.05, 3.63) is 94.5 Å². The van der Waals surface area contributed by atoms with E-state index in [0.29, 0.717) is 16.7 Å². The molecule has 128 valence electrons. The lowest BCUT2D eigenvalue weighted by Crippen LogP contribution is -2.29. The van der Waals surface area contributed by atoms with Crippen molar-refractivity contribution in [2.24, 2.45) is 0 Å². The van der Waals surface area contributed by atoms with Crippen LogP contribution in [-0.4, -0.2) is 16.1 Å². The summed E-state index contributed by atoms with van der Waals surface area (Å²) in [4.78, 5) is 13.2. The van der Waals surface area contributed by atoms with Crippen molar-refractivity contribution in [1.82, 2.24) is 15.5 Å². The average Bonchev–Trinajstić information content (AvgIpc) is 3.39. The Morgan fingerprint density at radius 1 is 0.923 bits per heavy atom. The van der Waals surface area contributed by atoms with Crippen molar-refractivity contribution in [2.45, 2.75) is 6.04 Å². The van der Waals surface area contributed by atoms with Crippen LogP contribution in [0.2, 0.25) is 0 Å². The highest BCUT2D eigenvalue weighted by Gasteiger charge is 2.24. The van der Waals surface area contributed by atoms with E-state index in [1.165, 1.54) is 11.3 Å². The predicted octanol–water partition coefficient (Wildman–Crippen LogP) is 4.32. The minimum absolute atomic E-state index is 0.173. The average molecular weight is 361 g/mol. The molecule has 2 aromatic heterocycles. The van der Waals surface area contributed by atoms with Gasteiger partial charge in [-0.15, -0.1) is 21.5 Å². The smallest absolute Gasteiger partial charge is 0.262 e. The van der Waals surface area contributed by atoms with Crippen LogP contribution in [0.15, 0.2) is 82.6 Å². The number of carbonyl (C=O) groups excluding carboxylic acids is 1. The molecule has 0 fully saturated rings. The Balaban J connectivity index is 1.67. The molecular formula is C20H15N3O2S. The Hall–Kier alpha value is -3.25. The van der Waals surface area contributed by atoms with Crippen LogP contribution in [0, 0.1) is 0 Å². The molecule has 0 saturated carbocycles. The van der Waals surface area contributed by atoms with E-state index >= 15 is 0 Å². The topological polar surface area (TPSA) is 68.0 Å². The first kappa shape index (κ1) is 16.2. The van der Waals surface area contributed by atoms with Gasteiger partial charge in [0.05, 0.1) is 4.88 Å². The van der Waals surface area contributed by atoms with Crippen LogP contribution in [0.3, 0.4) is 0 Å². The summed E-state index contributed by atoms with van der Waals surface area (Å²) in [6, 6.07) is 22.2. The molecule has 2 heterocycles. The van der Waals surface area contributed by atoms with Gasteiger partial charge < -0.3 is 9.73 Å². The van der Waals surface area contributed by atoms with Gasteiger partial charge >= 0.3 is 0 Å². The molecule has 0 aliphatic carbocycles. The third-order valence-corrected chi connectivity index (χ3v) is 4.73. The third kappa shape index (κ3) is 3.41. The first-order valence-corrected chi connectivity index (χ1v) is 8.97. The maximum absolute atomic E-state index is 12.5. The van der Waals surface area contributed by atoms with Crippen LogP contribution in [0.25, 0.3) is 11.5 Å². The van der Waals surface area contributed by atoms with Gasteiger partial charge in [-0.2, -0.15) is 0 Å². The standard InChI is InChI=1S/C20H15N3O2S/c24-18(16-12-7-13-26-16)21-17(14-8-3-1-4-9-14)20-23-22-19(25-20)15-10-5-2-6-11-15/h1-13,17H,(H,21,24)/t17-/m0/s1. The monoisotopic (exact) mass is 361 g/mol. The fourth-order valence-corrected chi connectivity index (χ4v) is 3.22. The lowest BCUT2D eigenvalue weighted by molar-refractivity contribution is 0.0942. The van der Waals surface area contributed by atoms with Crippen LogP contribution >= 0.6 is 11.3 Å². The highest BCUT2D eigenvalue weighted by Crippen LogP contribution is 2.25. The van der Waals surface area contributed by atoms with Gasteiger partial charge in [0.1, 0.15) is 6.04 Å². The van der Waals surface area contributed by atoms with E-state index in [1.807, 2.05) is 72.1 Å². The highest BCUT2D eigenvalue weighted by atomic mass is 32.1. The van der Waals surface area contributed by atoms with E-state index in [4.69, 9.17) is 4.42 Å². The van der Waals surface area contributed by atoms with Gasteiger partial charge in [-0.25, -0.2) is 0 Å². The van der Waals surface area contributed by atoms with Gasteiger partial charge in [0.25, 0.3) is 5.91 Å². The summed E-state index contributed by atoms with van der Waals surface area (Å²) in [6.07, 6.45) is 0. The van der Waals surface area contributed by atoms with Gasteiger partial charge in [0.15, 0.2) is 0 Å². The summed E-state index contributed by atoms with van der Waals surface area (Å²) < 4.78 is 5.87. The number of amides is 1. The molecule has 4 aromatic rings. The number of thiophene rings is 1. The summed E-state index contributed by atoms with van der Waals surface area (Å²) in [5.74, 6) is 0.597. The van der Waals surface area contributed by atoms with E-state index in [9.17, 15) is 4.79 Å². The maximum atomic E-state index is 12.5. The van der Waals surface area contributed by atoms with Crippen molar-refractivity contribution in [2.75, 3.05) is 0 Å². The zero-order valence-electron chi connectivity index (χ0n) is 13.7. The molecule has 1 N–H and O–H groups in total. The Morgan fingerprint density at radius 3 is 2.35 bits per heavy atom. The molecule has 0 unspecified atom stereocenters. The summed E-state index contributed by atoms with van der Waals surface area (Å²) in [5.41, 5.74) is 1.71. The lowest BCUT2D eigenvalue weighted by Gasteiger charge is -2.15. The van der Waals surface area contributed by atoms with E-state index < -0.39 is 6.04 Å². The van der Waals surface area contributed by atoms with Crippen LogP contribution in [-0.2, 0) is 0 Å². The minimum atomic E-state index is -0.518. The second kappa shape index (κ2) is 7.33. The molecule has 6 heteroatoms. The molecule has 0 aliphatic rings. The molecule has 0 radical (unpaired) electrons. The Bertz CT molecular complexity index is 982. The van der Waals surface area contributed by atoms with Crippen molar-refractivity contribution >= 4 is 17.2 Å². The second-order valence-corrected chi connectivity index (χ2v) is 6.55. The van der Waals surface area contributed by atoms with Crippen LogP contribution in [0.4, 0.5) is 0 Å². The number of benzene rings is 2. The number of hydrogen-bond donors (Lipinski definition) is 1. The largest absolute Gasteiger partial charge is 0.418 e. The maximum Gasteiger partial charge on any atom is 0.262 e.